The molecule has 3 rings (SSSR count). The predicted octanol–water partition coefficient (Wildman–Crippen LogP) is 5.72. The number of nitrogens with one attached hydrogen (secondary N) is 1. The summed E-state index contributed by atoms with van der Waals surface area (Å²) in [4.78, 5) is 28.0. The lowest BCUT2D eigenvalue weighted by Gasteiger charge is -2.10. The lowest BCUT2D eigenvalue weighted by Crippen LogP contribution is -2.19. The zero-order valence-electron chi connectivity index (χ0n) is 14.2. The Morgan fingerprint density at radius 3 is 2.86 bits per heavy atom. The minimum absolute atomic E-state index is 0.292. The molecule has 2 aromatic carbocycles. The highest BCUT2D eigenvalue weighted by Gasteiger charge is 2.25. The fourth-order valence-electron chi connectivity index (χ4n) is 2.28. The molecule has 0 aliphatic carbocycles. The number of hydrogen-bond donors (Lipinski definition) is 2. The molecular formula is C18H10BrCl2IN2O4S. The summed E-state index contributed by atoms with van der Waals surface area (Å²) in [5, 5.41) is 12.6. The molecule has 0 spiro atoms. The number of amides is 1. The van der Waals surface area contributed by atoms with Crippen LogP contribution in [0.5, 0.6) is 5.75 Å². The summed E-state index contributed by atoms with van der Waals surface area (Å²) in [5.41, 5.74) is 0.996. The number of amidine groups is 1. The lowest BCUT2D eigenvalue weighted by atomic mass is 10.2. The van der Waals surface area contributed by atoms with Gasteiger partial charge in [-0.05, 0) is 80.6 Å². The molecule has 150 valence electrons. The van der Waals surface area contributed by atoms with E-state index < -0.39 is 12.6 Å². The summed E-state index contributed by atoms with van der Waals surface area (Å²) in [6.07, 6.45) is 1.62. The standard InChI is InChI=1S/C18H10BrCl2IN2O4S/c19-10-6-9(22)4-8(16(10)28-7-14(25)26)5-13-17(27)24-18(29-13)23-12-3-1-2-11(20)15(12)21/h1-6H,7H2,(H,25,26)(H,23,24,27)/b13-5+. The van der Waals surface area contributed by atoms with Crippen LogP contribution in [-0.2, 0) is 9.59 Å². The van der Waals surface area contributed by atoms with Gasteiger partial charge in [-0.25, -0.2) is 9.79 Å². The van der Waals surface area contributed by atoms with Gasteiger partial charge in [0.15, 0.2) is 11.8 Å². The fourth-order valence-corrected chi connectivity index (χ4v) is 5.11. The number of ether oxygens (including phenoxy) is 1. The number of rotatable bonds is 5. The Kier molecular flexibility index (Phi) is 7.49. The van der Waals surface area contributed by atoms with Gasteiger partial charge in [0.25, 0.3) is 5.91 Å². The molecule has 2 aromatic rings. The number of carboxylic acids is 1. The molecule has 11 heteroatoms. The number of carbonyl (C=O) groups is 2. The first-order valence-corrected chi connectivity index (χ1v) is 11.3. The zero-order chi connectivity index (χ0) is 21.1. The number of hydrogen-bond acceptors (Lipinski definition) is 5. The van der Waals surface area contributed by atoms with E-state index in [0.29, 0.717) is 41.6 Å². The predicted molar refractivity (Wildman–Crippen MR) is 127 cm³/mol. The third-order valence-electron chi connectivity index (χ3n) is 3.47. The van der Waals surface area contributed by atoms with Crippen LogP contribution in [0.2, 0.25) is 10.0 Å². The molecule has 1 aliphatic rings. The van der Waals surface area contributed by atoms with Crippen molar-refractivity contribution in [3.05, 3.63) is 58.9 Å². The average Bonchev–Trinajstić information content (AvgIpc) is 2.97. The Bertz CT molecular complexity index is 1080. The van der Waals surface area contributed by atoms with Gasteiger partial charge in [0.1, 0.15) is 5.75 Å². The average molecular weight is 628 g/mol. The second kappa shape index (κ2) is 9.69. The van der Waals surface area contributed by atoms with Crippen LogP contribution in [-0.4, -0.2) is 28.8 Å². The maximum absolute atomic E-state index is 12.4. The molecule has 1 fully saturated rings. The molecule has 1 heterocycles. The van der Waals surface area contributed by atoms with Crippen LogP contribution in [0.4, 0.5) is 5.69 Å². The lowest BCUT2D eigenvalue weighted by molar-refractivity contribution is -0.139. The number of benzene rings is 2. The largest absolute Gasteiger partial charge is 0.480 e. The van der Waals surface area contributed by atoms with Gasteiger partial charge in [-0.2, -0.15) is 0 Å². The number of aliphatic carboxylic acids is 1. The Hall–Kier alpha value is -1.27. The smallest absolute Gasteiger partial charge is 0.341 e. The SMILES string of the molecule is O=C(O)COc1c(Br)cc(I)cc1/C=C1/SC(=Nc2cccc(Cl)c2Cl)NC1=O. The minimum Gasteiger partial charge on any atom is -0.480 e. The highest BCUT2D eigenvalue weighted by molar-refractivity contribution is 14.1. The number of carboxylic acid groups (broad SMARTS) is 1. The summed E-state index contributed by atoms with van der Waals surface area (Å²) in [6.45, 7) is -0.505. The highest BCUT2D eigenvalue weighted by Crippen LogP contribution is 2.37. The molecule has 1 saturated heterocycles. The second-order valence-electron chi connectivity index (χ2n) is 5.54. The molecule has 0 radical (unpaired) electrons. The topological polar surface area (TPSA) is 88.0 Å². The zero-order valence-corrected chi connectivity index (χ0v) is 20.3. The van der Waals surface area contributed by atoms with E-state index in [4.69, 9.17) is 33.0 Å². The van der Waals surface area contributed by atoms with Crippen molar-refractivity contribution < 1.29 is 19.4 Å². The molecule has 2 N–H and O–H groups in total. The van der Waals surface area contributed by atoms with E-state index in [1.807, 2.05) is 0 Å². The molecule has 1 amide bonds. The van der Waals surface area contributed by atoms with Crippen molar-refractivity contribution in [2.75, 3.05) is 6.61 Å². The molecular weight excluding hydrogens is 618 g/mol. The summed E-state index contributed by atoms with van der Waals surface area (Å²) < 4.78 is 6.85. The molecule has 0 unspecified atom stereocenters. The first kappa shape index (κ1) is 22.4. The van der Waals surface area contributed by atoms with Crippen molar-refractivity contribution in [3.8, 4) is 5.75 Å². The molecule has 29 heavy (non-hydrogen) atoms. The van der Waals surface area contributed by atoms with Crippen LogP contribution in [0.25, 0.3) is 6.08 Å². The summed E-state index contributed by atoms with van der Waals surface area (Å²) in [5.74, 6) is -1.11. The van der Waals surface area contributed by atoms with Gasteiger partial charge in [-0.15, -0.1) is 0 Å². The third-order valence-corrected chi connectivity index (χ3v) is 6.40. The molecule has 0 aromatic heterocycles. The van der Waals surface area contributed by atoms with E-state index in [2.05, 4.69) is 48.8 Å². The van der Waals surface area contributed by atoms with Crippen molar-refractivity contribution >= 4 is 102 Å². The van der Waals surface area contributed by atoms with Crippen molar-refractivity contribution in [2.24, 2.45) is 4.99 Å². The van der Waals surface area contributed by atoms with Crippen LogP contribution in [0.1, 0.15) is 5.56 Å². The van der Waals surface area contributed by atoms with Gasteiger partial charge >= 0.3 is 5.97 Å². The number of thioether (sulfide) groups is 1. The van der Waals surface area contributed by atoms with E-state index in [-0.39, 0.29) is 5.91 Å². The van der Waals surface area contributed by atoms with Crippen LogP contribution in [0, 0.1) is 3.57 Å². The number of aliphatic imine (C=N–C) groups is 1. The molecule has 0 bridgehead atoms. The van der Waals surface area contributed by atoms with E-state index >= 15 is 0 Å². The molecule has 0 saturated carbocycles. The van der Waals surface area contributed by atoms with Gasteiger partial charge in [-0.1, -0.05) is 29.3 Å². The summed E-state index contributed by atoms with van der Waals surface area (Å²) >= 11 is 18.8. The number of halogens is 4. The third kappa shape index (κ3) is 5.66. The van der Waals surface area contributed by atoms with Crippen molar-refractivity contribution in [2.45, 2.75) is 0 Å². The van der Waals surface area contributed by atoms with E-state index in [1.165, 1.54) is 0 Å². The first-order valence-electron chi connectivity index (χ1n) is 7.82. The Morgan fingerprint density at radius 1 is 1.38 bits per heavy atom. The normalized spacial score (nSPS) is 16.3. The van der Waals surface area contributed by atoms with E-state index in [1.54, 1.807) is 36.4 Å². The number of nitrogens with zero attached hydrogens (tertiary/aromatic N) is 1. The van der Waals surface area contributed by atoms with Gasteiger partial charge in [0, 0.05) is 9.13 Å². The molecule has 1 aliphatic heterocycles. The Balaban J connectivity index is 1.93. The van der Waals surface area contributed by atoms with E-state index in [0.717, 1.165) is 15.3 Å². The molecule has 0 atom stereocenters. The quantitative estimate of drug-likeness (QED) is 0.327. The van der Waals surface area contributed by atoms with Crippen molar-refractivity contribution in [1.29, 1.82) is 0 Å². The maximum Gasteiger partial charge on any atom is 0.341 e. The second-order valence-corrected chi connectivity index (χ2v) is 9.46. The summed E-state index contributed by atoms with van der Waals surface area (Å²) in [6, 6.07) is 8.61. The molecule has 6 nitrogen and oxygen atoms in total. The van der Waals surface area contributed by atoms with Gasteiger partial charge < -0.3 is 15.2 Å². The van der Waals surface area contributed by atoms with Crippen LogP contribution in [0.15, 0.2) is 44.7 Å². The summed E-state index contributed by atoms with van der Waals surface area (Å²) in [7, 11) is 0. The Morgan fingerprint density at radius 2 is 2.14 bits per heavy atom. The maximum atomic E-state index is 12.4. The number of carbonyl (C=O) groups excluding carboxylic acids is 1. The first-order chi connectivity index (χ1) is 13.7. The fraction of sp³-hybridized carbons (Fsp3) is 0.0556. The van der Waals surface area contributed by atoms with Gasteiger partial charge in [0.05, 0.1) is 25.1 Å². The van der Waals surface area contributed by atoms with Gasteiger partial charge in [-0.3, -0.25) is 4.79 Å². The highest BCUT2D eigenvalue weighted by atomic mass is 127. The van der Waals surface area contributed by atoms with E-state index in [9.17, 15) is 9.59 Å². The monoisotopic (exact) mass is 626 g/mol. The van der Waals surface area contributed by atoms with Crippen LogP contribution >= 0.6 is 73.5 Å². The van der Waals surface area contributed by atoms with Crippen LogP contribution in [0.3, 0.4) is 0 Å². The van der Waals surface area contributed by atoms with Gasteiger partial charge in [0.2, 0.25) is 0 Å². The Labute approximate surface area is 202 Å². The van der Waals surface area contributed by atoms with Crippen molar-refractivity contribution in [1.82, 2.24) is 5.32 Å². The minimum atomic E-state index is -1.10. The van der Waals surface area contributed by atoms with Crippen molar-refractivity contribution in [3.63, 3.8) is 0 Å². The van der Waals surface area contributed by atoms with Crippen LogP contribution < -0.4 is 10.1 Å².